The number of carbonyl (C=O) groups excluding carboxylic acids is 2. The van der Waals surface area contributed by atoms with E-state index in [1.54, 1.807) is 12.0 Å². The van der Waals surface area contributed by atoms with E-state index >= 15 is 0 Å². The first-order valence-corrected chi connectivity index (χ1v) is 9.47. The third kappa shape index (κ3) is 4.83. The summed E-state index contributed by atoms with van der Waals surface area (Å²) in [6.07, 6.45) is 1.51. The van der Waals surface area contributed by atoms with Crippen molar-refractivity contribution in [3.63, 3.8) is 0 Å². The lowest BCUT2D eigenvalue weighted by atomic mass is 10.1. The van der Waals surface area contributed by atoms with Gasteiger partial charge in [0.05, 0.1) is 11.5 Å². The summed E-state index contributed by atoms with van der Waals surface area (Å²) < 4.78 is 5.08. The Balaban J connectivity index is 1.45. The first-order valence-electron chi connectivity index (χ1n) is 8.65. The number of likely N-dealkylation sites (tertiary alicyclic amines) is 1. The first kappa shape index (κ1) is 18.4. The Morgan fingerprint density at radius 2 is 1.88 bits per heavy atom. The highest BCUT2D eigenvalue weighted by molar-refractivity contribution is 7.14. The van der Waals surface area contributed by atoms with Gasteiger partial charge in [0.25, 0.3) is 5.91 Å². The van der Waals surface area contributed by atoms with Crippen LogP contribution in [0.1, 0.15) is 27.4 Å². The van der Waals surface area contributed by atoms with Crippen LogP contribution in [0.4, 0.5) is 10.5 Å². The minimum Gasteiger partial charge on any atom is -0.379 e. The second-order valence-corrected chi connectivity index (χ2v) is 7.40. The van der Waals surface area contributed by atoms with E-state index in [1.807, 2.05) is 42.5 Å². The number of nitrogens with zero attached hydrogens (tertiary/aromatic N) is 1. The van der Waals surface area contributed by atoms with Crippen LogP contribution in [0.2, 0.25) is 0 Å². The van der Waals surface area contributed by atoms with E-state index in [2.05, 4.69) is 10.6 Å². The monoisotopic (exact) mass is 373 g/mol. The zero-order chi connectivity index (χ0) is 18.4. The number of methoxy groups -OCH3 is 1. The van der Waals surface area contributed by atoms with Gasteiger partial charge in [-0.1, -0.05) is 18.2 Å². The van der Waals surface area contributed by atoms with Gasteiger partial charge in [-0.05, 0) is 37.1 Å². The maximum Gasteiger partial charge on any atom is 0.321 e. The molecule has 3 amide bonds. The number of ether oxygens (including phenoxy) is 1. The van der Waals surface area contributed by atoms with E-state index < -0.39 is 0 Å². The number of nitrogens with one attached hydrogen (secondary N) is 2. The summed E-state index contributed by atoms with van der Waals surface area (Å²) >= 11 is 1.45. The van der Waals surface area contributed by atoms with Gasteiger partial charge in [0.2, 0.25) is 0 Å². The number of hydrogen-bond donors (Lipinski definition) is 2. The maximum absolute atomic E-state index is 12.4. The Morgan fingerprint density at radius 1 is 1.15 bits per heavy atom. The highest BCUT2D eigenvalue weighted by atomic mass is 32.1. The van der Waals surface area contributed by atoms with Crippen LogP contribution >= 0.6 is 11.3 Å². The smallest absolute Gasteiger partial charge is 0.321 e. The highest BCUT2D eigenvalue weighted by Gasteiger charge is 2.24. The molecule has 2 heterocycles. The van der Waals surface area contributed by atoms with E-state index in [-0.39, 0.29) is 18.0 Å². The van der Waals surface area contributed by atoms with Crippen LogP contribution in [0, 0.1) is 0 Å². The Bertz CT molecular complexity index is 739. The zero-order valence-corrected chi connectivity index (χ0v) is 15.6. The van der Waals surface area contributed by atoms with Crippen molar-refractivity contribution in [1.29, 1.82) is 0 Å². The van der Waals surface area contributed by atoms with Gasteiger partial charge in [-0.3, -0.25) is 4.79 Å². The second-order valence-electron chi connectivity index (χ2n) is 6.23. The third-order valence-electron chi connectivity index (χ3n) is 4.31. The SMILES string of the molecule is COCc1ccc(C(=O)NC2CCN(C(=O)Nc3ccccc3)CC2)s1. The molecule has 2 aromatic rings. The number of benzene rings is 1. The van der Waals surface area contributed by atoms with Gasteiger partial charge in [0.15, 0.2) is 0 Å². The average Bonchev–Trinajstić information content (AvgIpc) is 3.12. The predicted molar refractivity (Wildman–Crippen MR) is 103 cm³/mol. The first-order chi connectivity index (χ1) is 12.7. The van der Waals surface area contributed by atoms with Crippen LogP contribution in [0.15, 0.2) is 42.5 Å². The summed E-state index contributed by atoms with van der Waals surface area (Å²) in [5.41, 5.74) is 0.789. The molecule has 7 heteroatoms. The molecule has 6 nitrogen and oxygen atoms in total. The molecule has 0 radical (unpaired) electrons. The highest BCUT2D eigenvalue weighted by Crippen LogP contribution is 2.19. The molecule has 0 bridgehead atoms. The van der Waals surface area contributed by atoms with Crippen LogP contribution in [-0.2, 0) is 11.3 Å². The van der Waals surface area contributed by atoms with Crippen molar-refractivity contribution in [3.8, 4) is 0 Å². The summed E-state index contributed by atoms with van der Waals surface area (Å²) in [5, 5.41) is 5.97. The number of thiophene rings is 1. The lowest BCUT2D eigenvalue weighted by Gasteiger charge is -2.32. The van der Waals surface area contributed by atoms with Crippen molar-refractivity contribution in [2.45, 2.75) is 25.5 Å². The summed E-state index contributed by atoms with van der Waals surface area (Å²) in [6, 6.07) is 13.2. The lowest BCUT2D eigenvalue weighted by Crippen LogP contribution is -2.47. The molecular weight excluding hydrogens is 350 g/mol. The normalized spacial score (nSPS) is 14.9. The number of hydrogen-bond acceptors (Lipinski definition) is 4. The third-order valence-corrected chi connectivity index (χ3v) is 5.37. The second kappa shape index (κ2) is 8.82. The molecule has 2 N–H and O–H groups in total. The van der Waals surface area contributed by atoms with Crippen LogP contribution in [0.3, 0.4) is 0 Å². The molecule has 1 fully saturated rings. The van der Waals surface area contributed by atoms with Crippen molar-refractivity contribution in [1.82, 2.24) is 10.2 Å². The molecule has 1 aromatic heterocycles. The predicted octanol–water partition coefficient (Wildman–Crippen LogP) is 3.32. The molecule has 1 aliphatic heterocycles. The summed E-state index contributed by atoms with van der Waals surface area (Å²) in [5.74, 6) is -0.0514. The summed E-state index contributed by atoms with van der Waals surface area (Å²) in [6.45, 7) is 1.78. The molecule has 0 atom stereocenters. The number of piperidine rings is 1. The fourth-order valence-corrected chi connectivity index (χ4v) is 3.81. The van der Waals surface area contributed by atoms with E-state index in [4.69, 9.17) is 4.74 Å². The molecule has 1 aromatic carbocycles. The minimum atomic E-state index is -0.0940. The van der Waals surface area contributed by atoms with Crippen LogP contribution < -0.4 is 10.6 Å². The van der Waals surface area contributed by atoms with Gasteiger partial charge in [0.1, 0.15) is 0 Å². The largest absolute Gasteiger partial charge is 0.379 e. The Hall–Kier alpha value is -2.38. The molecule has 0 spiro atoms. The summed E-state index contributed by atoms with van der Waals surface area (Å²) in [4.78, 5) is 28.2. The topological polar surface area (TPSA) is 70.7 Å². The van der Waals surface area contributed by atoms with Gasteiger partial charge in [-0.2, -0.15) is 0 Å². The van der Waals surface area contributed by atoms with Gasteiger partial charge < -0.3 is 20.3 Å². The number of rotatable bonds is 5. The number of urea groups is 1. The molecule has 26 heavy (non-hydrogen) atoms. The molecule has 0 aliphatic carbocycles. The van der Waals surface area contributed by atoms with Crippen molar-refractivity contribution >= 4 is 29.0 Å². The fraction of sp³-hybridized carbons (Fsp3) is 0.368. The zero-order valence-electron chi connectivity index (χ0n) is 14.7. The molecule has 1 saturated heterocycles. The molecular formula is C19H23N3O3S. The summed E-state index contributed by atoms with van der Waals surface area (Å²) in [7, 11) is 1.64. The maximum atomic E-state index is 12.4. The molecule has 138 valence electrons. The van der Waals surface area contributed by atoms with Gasteiger partial charge in [0, 0.05) is 36.8 Å². The van der Waals surface area contributed by atoms with Gasteiger partial charge in [-0.15, -0.1) is 11.3 Å². The van der Waals surface area contributed by atoms with Gasteiger partial charge in [-0.25, -0.2) is 4.79 Å². The standard InChI is InChI=1S/C19H23N3O3S/c1-25-13-16-7-8-17(26-16)18(23)20-15-9-11-22(12-10-15)19(24)21-14-5-3-2-4-6-14/h2-8,15H,9-13H2,1H3,(H,20,23)(H,21,24). The van der Waals surface area contributed by atoms with E-state index in [9.17, 15) is 9.59 Å². The van der Waals surface area contributed by atoms with Crippen LogP contribution in [0.5, 0.6) is 0 Å². The number of amides is 3. The Labute approximate surface area is 157 Å². The molecule has 3 rings (SSSR count). The van der Waals surface area contributed by atoms with E-state index in [0.717, 1.165) is 23.4 Å². The van der Waals surface area contributed by atoms with Crippen LogP contribution in [-0.4, -0.2) is 43.1 Å². The van der Waals surface area contributed by atoms with Gasteiger partial charge >= 0.3 is 6.03 Å². The fourth-order valence-electron chi connectivity index (χ4n) is 2.93. The van der Waals surface area contributed by atoms with Crippen molar-refractivity contribution in [2.75, 3.05) is 25.5 Å². The van der Waals surface area contributed by atoms with E-state index in [1.165, 1.54) is 11.3 Å². The average molecular weight is 373 g/mol. The quantitative estimate of drug-likeness (QED) is 0.845. The van der Waals surface area contributed by atoms with E-state index in [0.29, 0.717) is 24.6 Å². The van der Waals surface area contributed by atoms with Crippen molar-refractivity contribution in [3.05, 3.63) is 52.2 Å². The molecule has 1 aliphatic rings. The Morgan fingerprint density at radius 3 is 2.58 bits per heavy atom. The minimum absolute atomic E-state index is 0.0514. The Kier molecular flexibility index (Phi) is 6.25. The molecule has 0 saturated carbocycles. The number of carbonyl (C=O) groups is 2. The van der Waals surface area contributed by atoms with Crippen LogP contribution in [0.25, 0.3) is 0 Å². The number of para-hydroxylation sites is 1. The van der Waals surface area contributed by atoms with Crippen molar-refractivity contribution in [2.24, 2.45) is 0 Å². The lowest BCUT2D eigenvalue weighted by molar-refractivity contribution is 0.0923. The van der Waals surface area contributed by atoms with Crippen molar-refractivity contribution < 1.29 is 14.3 Å². The molecule has 0 unspecified atom stereocenters. The number of anilines is 1.